The number of carboxylic acid groups (broad SMARTS) is 1. The van der Waals surface area contributed by atoms with Gasteiger partial charge in [0.05, 0.1) is 17.8 Å². The van der Waals surface area contributed by atoms with Crippen molar-refractivity contribution in [2.75, 3.05) is 0 Å². The Kier molecular flexibility index (Phi) is 5.06. The Hall–Kier alpha value is -1.78. The number of rotatable bonds is 3. The zero-order valence-electron chi connectivity index (χ0n) is 6.99. The quantitative estimate of drug-likeness (QED) is 0.473. The third kappa shape index (κ3) is 2.93. The lowest BCUT2D eigenvalue weighted by Gasteiger charge is -1.99. The van der Waals surface area contributed by atoms with E-state index in [9.17, 15) is 4.79 Å². The number of aromatic nitrogens is 1. The fourth-order valence-corrected chi connectivity index (χ4v) is 0.857. The predicted octanol–water partition coefficient (Wildman–Crippen LogP) is 2.01. The summed E-state index contributed by atoms with van der Waals surface area (Å²) in [6.07, 6.45) is 1.45. The summed E-state index contributed by atoms with van der Waals surface area (Å²) in [7, 11) is 0. The van der Waals surface area contributed by atoms with Crippen LogP contribution in [0, 0.1) is 0 Å². The van der Waals surface area contributed by atoms with Crippen molar-refractivity contribution in [1.82, 2.24) is 4.98 Å². The molecule has 1 rings (SSSR count). The third-order valence-corrected chi connectivity index (χ3v) is 1.40. The molecule has 6 nitrogen and oxygen atoms in total. The van der Waals surface area contributed by atoms with Crippen LogP contribution in [0.1, 0.15) is 16.1 Å². The fraction of sp³-hybridized carbons (Fsp3) is 0.143. The molecule has 0 radical (unpaired) electrons. The van der Waals surface area contributed by atoms with Crippen molar-refractivity contribution in [2.24, 2.45) is 5.11 Å². The van der Waals surface area contributed by atoms with E-state index in [1.54, 1.807) is 0 Å². The molecule has 74 valence electrons. The van der Waals surface area contributed by atoms with Crippen LogP contribution in [0.2, 0.25) is 0 Å². The Bertz CT molecular complexity index is 376. The lowest BCUT2D eigenvalue weighted by Crippen LogP contribution is -2.03. The van der Waals surface area contributed by atoms with Gasteiger partial charge in [0, 0.05) is 11.1 Å². The van der Waals surface area contributed by atoms with Crippen molar-refractivity contribution in [3.63, 3.8) is 0 Å². The van der Waals surface area contributed by atoms with Crippen molar-refractivity contribution in [3.8, 4) is 0 Å². The van der Waals surface area contributed by atoms with Crippen LogP contribution >= 0.6 is 12.4 Å². The maximum atomic E-state index is 10.6. The van der Waals surface area contributed by atoms with E-state index in [1.165, 1.54) is 18.3 Å². The largest absolute Gasteiger partial charge is 0.478 e. The van der Waals surface area contributed by atoms with E-state index in [1.807, 2.05) is 0 Å². The van der Waals surface area contributed by atoms with E-state index < -0.39 is 5.97 Å². The molecule has 0 bridgehead atoms. The summed E-state index contributed by atoms with van der Waals surface area (Å²) in [4.78, 5) is 16.9. The first-order valence-corrected chi connectivity index (χ1v) is 3.43. The average molecular weight is 215 g/mol. The topological polar surface area (TPSA) is 99.0 Å². The van der Waals surface area contributed by atoms with Crippen molar-refractivity contribution < 1.29 is 9.90 Å². The molecule has 0 unspecified atom stereocenters. The molecule has 7 heteroatoms. The van der Waals surface area contributed by atoms with Crippen LogP contribution in [0.15, 0.2) is 23.4 Å². The molecule has 0 aliphatic heterocycles. The van der Waals surface area contributed by atoms with Gasteiger partial charge >= 0.3 is 5.97 Å². The van der Waals surface area contributed by atoms with E-state index in [2.05, 4.69) is 15.0 Å². The minimum absolute atomic E-state index is 0. The molecule has 0 amide bonds. The van der Waals surface area contributed by atoms with Gasteiger partial charge in [0.1, 0.15) is 0 Å². The number of halogens is 1. The molecule has 0 spiro atoms. The number of hydrogen-bond donors (Lipinski definition) is 1. The standard InChI is InChI=1S/C7H6N4O2.ClH/c8-11-10-4-6-5(7(12)13)2-1-3-9-6;/h1-3H,4H2,(H,12,13);1H. The number of nitrogens with zero attached hydrogens (tertiary/aromatic N) is 4. The smallest absolute Gasteiger partial charge is 0.337 e. The zero-order chi connectivity index (χ0) is 9.68. The molecule has 1 heterocycles. The van der Waals surface area contributed by atoms with E-state index in [0.717, 1.165) is 0 Å². The molecule has 0 aliphatic rings. The predicted molar refractivity (Wildman–Crippen MR) is 51.3 cm³/mol. The zero-order valence-corrected chi connectivity index (χ0v) is 7.81. The van der Waals surface area contributed by atoms with Gasteiger partial charge in [-0.05, 0) is 17.7 Å². The Morgan fingerprint density at radius 2 is 2.43 bits per heavy atom. The first-order chi connectivity index (χ1) is 6.25. The molecule has 0 saturated heterocycles. The third-order valence-electron chi connectivity index (χ3n) is 1.40. The molecule has 0 fully saturated rings. The van der Waals surface area contributed by atoms with Gasteiger partial charge < -0.3 is 5.11 Å². The van der Waals surface area contributed by atoms with Crippen molar-refractivity contribution >= 4 is 18.4 Å². The highest BCUT2D eigenvalue weighted by Gasteiger charge is 2.08. The Morgan fingerprint density at radius 3 is 3.00 bits per heavy atom. The molecular formula is C7H7ClN4O2. The van der Waals surface area contributed by atoms with Crippen LogP contribution in [-0.2, 0) is 6.54 Å². The summed E-state index contributed by atoms with van der Waals surface area (Å²) < 4.78 is 0. The number of pyridine rings is 1. The Balaban J connectivity index is 0.00000169. The first kappa shape index (κ1) is 12.2. The summed E-state index contributed by atoms with van der Waals surface area (Å²) in [5.41, 5.74) is 8.38. The van der Waals surface area contributed by atoms with Gasteiger partial charge in [-0.1, -0.05) is 5.11 Å². The molecule has 14 heavy (non-hydrogen) atoms. The summed E-state index contributed by atoms with van der Waals surface area (Å²) in [5.74, 6) is -1.07. The summed E-state index contributed by atoms with van der Waals surface area (Å²) >= 11 is 0. The summed E-state index contributed by atoms with van der Waals surface area (Å²) in [6, 6.07) is 2.93. The molecule has 0 atom stereocenters. The van der Waals surface area contributed by atoms with Crippen LogP contribution in [0.5, 0.6) is 0 Å². The van der Waals surface area contributed by atoms with Gasteiger partial charge in [0.25, 0.3) is 0 Å². The lowest BCUT2D eigenvalue weighted by atomic mass is 10.2. The summed E-state index contributed by atoms with van der Waals surface area (Å²) in [6.45, 7) is -0.0427. The van der Waals surface area contributed by atoms with E-state index >= 15 is 0 Å². The van der Waals surface area contributed by atoms with Crippen LogP contribution in [-0.4, -0.2) is 16.1 Å². The van der Waals surface area contributed by atoms with Gasteiger partial charge in [-0.2, -0.15) is 0 Å². The molecule has 1 N–H and O–H groups in total. The number of aromatic carboxylic acids is 1. The molecule has 1 aromatic rings. The second kappa shape index (κ2) is 5.80. The number of carboxylic acids is 1. The van der Waals surface area contributed by atoms with E-state index in [0.29, 0.717) is 0 Å². The van der Waals surface area contributed by atoms with Crippen LogP contribution < -0.4 is 0 Å². The monoisotopic (exact) mass is 214 g/mol. The fourth-order valence-electron chi connectivity index (χ4n) is 0.857. The Morgan fingerprint density at radius 1 is 1.71 bits per heavy atom. The maximum Gasteiger partial charge on any atom is 0.337 e. The van der Waals surface area contributed by atoms with E-state index in [4.69, 9.17) is 10.6 Å². The second-order valence-corrected chi connectivity index (χ2v) is 2.19. The SMILES string of the molecule is Cl.[N-]=[N+]=NCc1ncccc1C(=O)O. The summed E-state index contributed by atoms with van der Waals surface area (Å²) in [5, 5.41) is 11.9. The highest BCUT2D eigenvalue weighted by molar-refractivity contribution is 5.88. The van der Waals surface area contributed by atoms with Gasteiger partial charge in [-0.3, -0.25) is 4.98 Å². The van der Waals surface area contributed by atoms with Gasteiger partial charge in [-0.25, -0.2) is 4.79 Å². The maximum absolute atomic E-state index is 10.6. The minimum atomic E-state index is -1.07. The van der Waals surface area contributed by atoms with E-state index in [-0.39, 0.29) is 30.2 Å². The first-order valence-electron chi connectivity index (χ1n) is 3.43. The normalized spacial score (nSPS) is 8.29. The van der Waals surface area contributed by atoms with Gasteiger partial charge in [0.15, 0.2) is 0 Å². The number of hydrogen-bond acceptors (Lipinski definition) is 3. The van der Waals surface area contributed by atoms with Gasteiger partial charge in [-0.15, -0.1) is 12.4 Å². The molecular weight excluding hydrogens is 208 g/mol. The van der Waals surface area contributed by atoms with Crippen LogP contribution in [0.25, 0.3) is 10.4 Å². The van der Waals surface area contributed by atoms with Crippen LogP contribution in [0.4, 0.5) is 0 Å². The average Bonchev–Trinajstić information content (AvgIpc) is 2.15. The van der Waals surface area contributed by atoms with Crippen molar-refractivity contribution in [3.05, 3.63) is 40.0 Å². The molecule has 1 aromatic heterocycles. The minimum Gasteiger partial charge on any atom is -0.478 e. The van der Waals surface area contributed by atoms with Crippen LogP contribution in [0.3, 0.4) is 0 Å². The Labute approximate surface area is 85.6 Å². The molecule has 0 aromatic carbocycles. The molecule has 0 aliphatic carbocycles. The lowest BCUT2D eigenvalue weighted by molar-refractivity contribution is 0.0695. The second-order valence-electron chi connectivity index (χ2n) is 2.19. The highest BCUT2D eigenvalue weighted by atomic mass is 35.5. The van der Waals surface area contributed by atoms with Crippen molar-refractivity contribution in [2.45, 2.75) is 6.54 Å². The number of azide groups is 1. The number of carbonyl (C=O) groups is 1. The van der Waals surface area contributed by atoms with Gasteiger partial charge in [0.2, 0.25) is 0 Å². The molecule has 0 saturated carbocycles. The van der Waals surface area contributed by atoms with Crippen molar-refractivity contribution in [1.29, 1.82) is 0 Å². The highest BCUT2D eigenvalue weighted by Crippen LogP contribution is 2.06.